The van der Waals surface area contributed by atoms with E-state index < -0.39 is 0 Å². The van der Waals surface area contributed by atoms with E-state index in [-0.39, 0.29) is 11.9 Å². The van der Waals surface area contributed by atoms with Gasteiger partial charge in [0.25, 0.3) is 0 Å². The molecule has 2 atom stereocenters. The zero-order valence-corrected chi connectivity index (χ0v) is 10.8. The van der Waals surface area contributed by atoms with Gasteiger partial charge in [0.05, 0.1) is 5.60 Å². The fourth-order valence-electron chi connectivity index (χ4n) is 1.90. The molecule has 1 saturated heterocycles. The maximum absolute atomic E-state index is 5.85. The minimum atomic E-state index is -0.330. The summed E-state index contributed by atoms with van der Waals surface area (Å²) in [6.07, 6.45) is 3.78. The highest BCUT2D eigenvalue weighted by Gasteiger charge is 2.41. The van der Waals surface area contributed by atoms with Gasteiger partial charge in [0, 0.05) is 12.7 Å². The Hall–Kier alpha value is -0.860. The summed E-state index contributed by atoms with van der Waals surface area (Å²) in [5.74, 6) is 0. The molecule has 1 unspecified atom stereocenters. The third-order valence-corrected chi connectivity index (χ3v) is 3.07. The van der Waals surface area contributed by atoms with Gasteiger partial charge in [-0.1, -0.05) is 24.8 Å². The zero-order valence-electron chi connectivity index (χ0n) is 10.8. The highest BCUT2D eigenvalue weighted by Crippen LogP contribution is 2.41. The van der Waals surface area contributed by atoms with Crippen LogP contribution in [0.3, 0.4) is 0 Å². The largest absolute Gasteiger partial charge is 0.352 e. The van der Waals surface area contributed by atoms with E-state index in [1.165, 1.54) is 5.57 Å². The number of hydrogen-bond acceptors (Lipinski definition) is 2. The molecule has 0 aromatic heterocycles. The predicted molar refractivity (Wildman–Crippen MR) is 67.2 cm³/mol. The van der Waals surface area contributed by atoms with E-state index >= 15 is 0 Å². The lowest BCUT2D eigenvalue weighted by molar-refractivity contribution is -0.134. The Bertz CT molecular complexity index is 324. The third kappa shape index (κ3) is 2.63. The van der Waals surface area contributed by atoms with Gasteiger partial charge in [0.2, 0.25) is 0 Å². The van der Waals surface area contributed by atoms with Crippen molar-refractivity contribution in [2.45, 2.75) is 45.5 Å². The molecule has 16 heavy (non-hydrogen) atoms. The average molecular weight is 222 g/mol. The van der Waals surface area contributed by atoms with E-state index in [4.69, 9.17) is 9.47 Å². The number of allylic oxidation sites excluding steroid dienone is 2. The van der Waals surface area contributed by atoms with Crippen molar-refractivity contribution in [3.05, 3.63) is 36.0 Å². The van der Waals surface area contributed by atoms with E-state index in [1.54, 1.807) is 7.11 Å². The molecule has 0 spiro atoms. The van der Waals surface area contributed by atoms with Crippen LogP contribution in [0.15, 0.2) is 36.0 Å². The molecular formula is C14H22O2. The van der Waals surface area contributed by atoms with E-state index in [0.29, 0.717) is 0 Å². The first-order valence-corrected chi connectivity index (χ1v) is 5.63. The normalized spacial score (nSPS) is 29.6. The quantitative estimate of drug-likeness (QED) is 0.676. The molecule has 1 heterocycles. The van der Waals surface area contributed by atoms with Gasteiger partial charge in [0.1, 0.15) is 0 Å². The van der Waals surface area contributed by atoms with Crippen LogP contribution in [-0.2, 0) is 9.47 Å². The summed E-state index contributed by atoms with van der Waals surface area (Å²) in [5.41, 5.74) is 2.82. The van der Waals surface area contributed by atoms with E-state index in [2.05, 4.69) is 40.0 Å². The maximum atomic E-state index is 5.85. The molecule has 0 amide bonds. The fourth-order valence-corrected chi connectivity index (χ4v) is 1.90. The average Bonchev–Trinajstić information content (AvgIpc) is 2.43. The van der Waals surface area contributed by atoms with Crippen molar-refractivity contribution < 1.29 is 9.47 Å². The van der Waals surface area contributed by atoms with Crippen LogP contribution < -0.4 is 0 Å². The molecule has 0 N–H and O–H groups in total. The van der Waals surface area contributed by atoms with Crippen molar-refractivity contribution in [2.75, 3.05) is 7.11 Å². The van der Waals surface area contributed by atoms with Crippen molar-refractivity contribution in [2.24, 2.45) is 0 Å². The van der Waals surface area contributed by atoms with Gasteiger partial charge in [-0.15, -0.1) is 0 Å². The first-order chi connectivity index (χ1) is 7.40. The molecule has 0 aromatic carbocycles. The summed E-state index contributed by atoms with van der Waals surface area (Å²) in [6, 6.07) is 0. The molecule has 90 valence electrons. The minimum absolute atomic E-state index is 0.329. The smallest absolute Gasteiger partial charge is 0.184 e. The molecule has 1 aliphatic heterocycles. The van der Waals surface area contributed by atoms with Gasteiger partial charge in [-0.05, 0) is 39.2 Å². The summed E-state index contributed by atoms with van der Waals surface area (Å²) in [4.78, 5) is 0. The third-order valence-electron chi connectivity index (χ3n) is 3.07. The maximum Gasteiger partial charge on any atom is 0.184 e. The first-order valence-electron chi connectivity index (χ1n) is 5.63. The molecule has 0 saturated carbocycles. The second-order valence-corrected chi connectivity index (χ2v) is 4.74. The molecule has 1 aliphatic rings. The van der Waals surface area contributed by atoms with Crippen LogP contribution in [-0.4, -0.2) is 19.0 Å². The molecule has 0 bridgehead atoms. The van der Waals surface area contributed by atoms with E-state index in [1.807, 2.05) is 0 Å². The minimum Gasteiger partial charge on any atom is -0.352 e. The fraction of sp³-hybridized carbons (Fsp3) is 0.571. The number of rotatable bonds is 4. The first kappa shape index (κ1) is 13.2. The van der Waals surface area contributed by atoms with Gasteiger partial charge in [-0.25, -0.2) is 0 Å². The number of methoxy groups -OCH3 is 1. The lowest BCUT2D eigenvalue weighted by Gasteiger charge is -2.24. The van der Waals surface area contributed by atoms with E-state index in [9.17, 15) is 0 Å². The standard InChI is InChI=1S/C14H22O2/c1-10(2)8-7-9-14(5)12(4)11(3)13(15-6)16-14/h8,13H,3-4,7,9H2,1-2,5-6H3/t13?,14-/m1/s1. The Morgan fingerprint density at radius 1 is 1.50 bits per heavy atom. The Labute approximate surface area is 98.6 Å². The van der Waals surface area contributed by atoms with Crippen molar-refractivity contribution in [3.63, 3.8) is 0 Å². The molecule has 2 nitrogen and oxygen atoms in total. The van der Waals surface area contributed by atoms with E-state index in [0.717, 1.165) is 24.0 Å². The highest BCUT2D eigenvalue weighted by molar-refractivity contribution is 5.39. The van der Waals surface area contributed by atoms with Crippen LogP contribution in [0.4, 0.5) is 0 Å². The van der Waals surface area contributed by atoms with Crippen LogP contribution in [0.1, 0.15) is 33.6 Å². The molecule has 0 aromatic rings. The van der Waals surface area contributed by atoms with Crippen molar-refractivity contribution in [1.29, 1.82) is 0 Å². The summed E-state index contributed by atoms with van der Waals surface area (Å²) in [7, 11) is 1.63. The molecule has 1 rings (SSSR count). The Kier molecular flexibility index (Phi) is 4.11. The Morgan fingerprint density at radius 2 is 2.12 bits per heavy atom. The van der Waals surface area contributed by atoms with Gasteiger partial charge in [-0.2, -0.15) is 0 Å². The number of ether oxygens (including phenoxy) is 2. The van der Waals surface area contributed by atoms with Crippen LogP contribution in [0, 0.1) is 0 Å². The topological polar surface area (TPSA) is 18.5 Å². The monoisotopic (exact) mass is 222 g/mol. The van der Waals surface area contributed by atoms with Gasteiger partial charge in [0.15, 0.2) is 6.29 Å². The highest BCUT2D eigenvalue weighted by atomic mass is 16.7. The van der Waals surface area contributed by atoms with Crippen molar-refractivity contribution in [3.8, 4) is 0 Å². The lowest BCUT2D eigenvalue weighted by Crippen LogP contribution is -2.26. The van der Waals surface area contributed by atoms with Gasteiger partial charge >= 0.3 is 0 Å². The molecular weight excluding hydrogens is 200 g/mol. The summed E-state index contributed by atoms with van der Waals surface area (Å²) >= 11 is 0. The van der Waals surface area contributed by atoms with Crippen molar-refractivity contribution >= 4 is 0 Å². The van der Waals surface area contributed by atoms with Crippen molar-refractivity contribution in [1.82, 2.24) is 0 Å². The Balaban J connectivity index is 2.68. The van der Waals surface area contributed by atoms with Crippen LogP contribution in [0.5, 0.6) is 0 Å². The molecule has 1 fully saturated rings. The SMILES string of the molecule is C=C1C(=C)[C@@](C)(CCC=C(C)C)OC1OC. The molecule has 0 aliphatic carbocycles. The summed E-state index contributed by atoms with van der Waals surface area (Å²) in [6.45, 7) is 14.3. The van der Waals surface area contributed by atoms with Gasteiger partial charge < -0.3 is 9.47 Å². The number of hydrogen-bond donors (Lipinski definition) is 0. The lowest BCUT2D eigenvalue weighted by atomic mass is 9.90. The second kappa shape index (κ2) is 4.98. The van der Waals surface area contributed by atoms with Gasteiger partial charge in [-0.3, -0.25) is 0 Å². The zero-order chi connectivity index (χ0) is 12.3. The summed E-state index contributed by atoms with van der Waals surface area (Å²) < 4.78 is 11.1. The summed E-state index contributed by atoms with van der Waals surface area (Å²) in [5, 5.41) is 0. The Morgan fingerprint density at radius 3 is 2.56 bits per heavy atom. The van der Waals surface area contributed by atoms with Crippen LogP contribution in [0.25, 0.3) is 0 Å². The molecule has 2 heteroatoms. The predicted octanol–water partition coefficient (Wildman–Crippen LogP) is 3.61. The van der Waals surface area contributed by atoms with Crippen LogP contribution in [0.2, 0.25) is 0 Å². The van der Waals surface area contributed by atoms with Crippen LogP contribution >= 0.6 is 0 Å². The molecule has 0 radical (unpaired) electrons. The second-order valence-electron chi connectivity index (χ2n) is 4.74.